The van der Waals surface area contributed by atoms with Crippen LogP contribution in [0.25, 0.3) is 0 Å². The molecule has 2 aromatic rings. The highest BCUT2D eigenvalue weighted by Crippen LogP contribution is 2.31. The lowest BCUT2D eigenvalue weighted by atomic mass is 10.1. The Hall–Kier alpha value is -2.61. The van der Waals surface area contributed by atoms with Crippen LogP contribution in [0.1, 0.15) is 35.6 Å². The topological polar surface area (TPSA) is 0 Å². The molecule has 25 heavy (non-hydrogen) atoms. The number of alkyl halides is 3. The molecule has 0 saturated carbocycles. The number of benzene rings is 2. The standard InChI is InChI=1S/C20H15F5/c1-2-3-4-5-14-6-9-16(18(21)12-14)10-7-15-8-11-17(19(22)13-15)20(23,24)25/h2-3,6,8-9,11-13H,4-5H2,1H3/b3-2+. The molecule has 5 heteroatoms. The largest absolute Gasteiger partial charge is 0.419 e. The molecule has 0 saturated heterocycles. The first kappa shape index (κ1) is 18.7. The third kappa shape index (κ3) is 5.18. The van der Waals surface area contributed by atoms with E-state index in [-0.39, 0.29) is 11.1 Å². The molecule has 0 aliphatic carbocycles. The highest BCUT2D eigenvalue weighted by Gasteiger charge is 2.33. The van der Waals surface area contributed by atoms with Gasteiger partial charge in [0.2, 0.25) is 0 Å². The van der Waals surface area contributed by atoms with E-state index in [2.05, 4.69) is 11.8 Å². The second-order valence-corrected chi connectivity index (χ2v) is 5.36. The molecule has 0 fully saturated rings. The van der Waals surface area contributed by atoms with E-state index in [1.165, 1.54) is 12.1 Å². The summed E-state index contributed by atoms with van der Waals surface area (Å²) in [7, 11) is 0. The van der Waals surface area contributed by atoms with Crippen LogP contribution in [-0.4, -0.2) is 0 Å². The molecule has 0 atom stereocenters. The minimum atomic E-state index is -4.76. The summed E-state index contributed by atoms with van der Waals surface area (Å²) in [5, 5.41) is 0. The van der Waals surface area contributed by atoms with Crippen molar-refractivity contribution in [1.82, 2.24) is 0 Å². The van der Waals surface area contributed by atoms with Crippen molar-refractivity contribution in [2.75, 3.05) is 0 Å². The molecule has 0 heterocycles. The van der Waals surface area contributed by atoms with Crippen molar-refractivity contribution in [3.05, 3.63) is 82.4 Å². The van der Waals surface area contributed by atoms with Crippen LogP contribution in [0.4, 0.5) is 22.0 Å². The fourth-order valence-corrected chi connectivity index (χ4v) is 2.19. The van der Waals surface area contributed by atoms with Crippen molar-refractivity contribution in [2.24, 2.45) is 0 Å². The minimum absolute atomic E-state index is 0.0436. The van der Waals surface area contributed by atoms with Gasteiger partial charge in [0.15, 0.2) is 0 Å². The molecule has 0 unspecified atom stereocenters. The molecule has 0 bridgehead atoms. The summed E-state index contributed by atoms with van der Waals surface area (Å²) in [5.41, 5.74) is -0.381. The van der Waals surface area contributed by atoms with Gasteiger partial charge >= 0.3 is 6.18 Å². The van der Waals surface area contributed by atoms with E-state index in [4.69, 9.17) is 0 Å². The summed E-state index contributed by atoms with van der Waals surface area (Å²) in [6, 6.07) is 7.00. The van der Waals surface area contributed by atoms with E-state index in [9.17, 15) is 22.0 Å². The molecule has 0 aliphatic rings. The van der Waals surface area contributed by atoms with Gasteiger partial charge in [-0.2, -0.15) is 13.2 Å². The molecule has 0 nitrogen and oxygen atoms in total. The van der Waals surface area contributed by atoms with E-state index in [0.29, 0.717) is 18.6 Å². The number of hydrogen-bond acceptors (Lipinski definition) is 0. The summed E-state index contributed by atoms with van der Waals surface area (Å²) in [5.74, 6) is 3.09. The van der Waals surface area contributed by atoms with E-state index in [0.717, 1.165) is 18.1 Å². The fraction of sp³-hybridized carbons (Fsp3) is 0.200. The zero-order valence-corrected chi connectivity index (χ0v) is 13.4. The van der Waals surface area contributed by atoms with Gasteiger partial charge in [0.05, 0.1) is 11.1 Å². The summed E-state index contributed by atoms with van der Waals surface area (Å²) in [6.45, 7) is 1.91. The van der Waals surface area contributed by atoms with Crippen molar-refractivity contribution < 1.29 is 22.0 Å². The lowest BCUT2D eigenvalue weighted by Crippen LogP contribution is -2.07. The first-order chi connectivity index (χ1) is 11.8. The van der Waals surface area contributed by atoms with Gasteiger partial charge in [-0.05, 0) is 55.7 Å². The average Bonchev–Trinajstić information content (AvgIpc) is 2.53. The number of hydrogen-bond donors (Lipinski definition) is 0. The van der Waals surface area contributed by atoms with Gasteiger partial charge in [-0.3, -0.25) is 0 Å². The molecule has 0 radical (unpaired) electrons. The van der Waals surface area contributed by atoms with Crippen LogP contribution in [0.5, 0.6) is 0 Å². The lowest BCUT2D eigenvalue weighted by molar-refractivity contribution is -0.140. The molecule has 130 valence electrons. The van der Waals surface area contributed by atoms with Crippen LogP contribution in [0.3, 0.4) is 0 Å². The number of halogens is 5. The summed E-state index contributed by atoms with van der Waals surface area (Å²) >= 11 is 0. The van der Waals surface area contributed by atoms with Crippen LogP contribution in [-0.2, 0) is 12.6 Å². The zero-order chi connectivity index (χ0) is 18.4. The van der Waals surface area contributed by atoms with Gasteiger partial charge in [-0.1, -0.05) is 30.1 Å². The highest BCUT2D eigenvalue weighted by molar-refractivity contribution is 5.45. The van der Waals surface area contributed by atoms with Crippen LogP contribution >= 0.6 is 0 Å². The third-order valence-corrected chi connectivity index (χ3v) is 3.48. The first-order valence-corrected chi connectivity index (χ1v) is 7.59. The summed E-state index contributed by atoms with van der Waals surface area (Å²) in [4.78, 5) is 0. The zero-order valence-electron chi connectivity index (χ0n) is 13.4. The van der Waals surface area contributed by atoms with Gasteiger partial charge in [0, 0.05) is 5.56 Å². The van der Waals surface area contributed by atoms with Gasteiger partial charge in [0.25, 0.3) is 0 Å². The first-order valence-electron chi connectivity index (χ1n) is 7.59. The normalized spacial score (nSPS) is 11.4. The van der Waals surface area contributed by atoms with Gasteiger partial charge in [-0.25, -0.2) is 8.78 Å². The Morgan fingerprint density at radius 2 is 1.72 bits per heavy atom. The Kier molecular flexibility index (Phi) is 5.97. The Balaban J connectivity index is 2.19. The van der Waals surface area contributed by atoms with Crippen LogP contribution in [0, 0.1) is 23.5 Å². The maximum atomic E-state index is 14.0. The van der Waals surface area contributed by atoms with Crippen molar-refractivity contribution in [2.45, 2.75) is 25.9 Å². The van der Waals surface area contributed by atoms with Crippen molar-refractivity contribution in [1.29, 1.82) is 0 Å². The molecule has 0 spiro atoms. The molecule has 2 rings (SSSR count). The van der Waals surface area contributed by atoms with Gasteiger partial charge < -0.3 is 0 Å². The van der Waals surface area contributed by atoms with Crippen LogP contribution in [0.15, 0.2) is 48.6 Å². The number of rotatable bonds is 3. The van der Waals surface area contributed by atoms with E-state index >= 15 is 0 Å². The van der Waals surface area contributed by atoms with Crippen LogP contribution < -0.4 is 0 Å². The van der Waals surface area contributed by atoms with E-state index < -0.39 is 23.4 Å². The smallest absolute Gasteiger partial charge is 0.206 e. The maximum absolute atomic E-state index is 14.0. The number of allylic oxidation sites excluding steroid dienone is 2. The molecular weight excluding hydrogens is 335 g/mol. The molecular formula is C20H15F5. The Bertz CT molecular complexity index is 835. The molecule has 0 aliphatic heterocycles. The fourth-order valence-electron chi connectivity index (χ4n) is 2.19. The van der Waals surface area contributed by atoms with Crippen molar-refractivity contribution in [3.63, 3.8) is 0 Å². The van der Waals surface area contributed by atoms with E-state index in [1.807, 2.05) is 19.1 Å². The SMILES string of the molecule is C/C=C/CCc1ccc(C#Cc2ccc(C(F)(F)F)c(F)c2)c(F)c1. The Morgan fingerprint density at radius 3 is 2.32 bits per heavy atom. The molecule has 0 aromatic heterocycles. The average molecular weight is 350 g/mol. The summed E-state index contributed by atoms with van der Waals surface area (Å²) < 4.78 is 65.0. The molecule has 2 aromatic carbocycles. The predicted octanol–water partition coefficient (Wildman–Crippen LogP) is 5.89. The van der Waals surface area contributed by atoms with Crippen molar-refractivity contribution >= 4 is 0 Å². The molecule has 0 N–H and O–H groups in total. The Morgan fingerprint density at radius 1 is 0.960 bits per heavy atom. The predicted molar refractivity (Wildman–Crippen MR) is 86.9 cm³/mol. The Labute approximate surface area is 143 Å². The van der Waals surface area contributed by atoms with Gasteiger partial charge in [0.1, 0.15) is 11.6 Å². The monoisotopic (exact) mass is 350 g/mol. The quantitative estimate of drug-likeness (QED) is 0.368. The number of aryl methyl sites for hydroxylation is 1. The second kappa shape index (κ2) is 7.98. The molecule has 0 amide bonds. The maximum Gasteiger partial charge on any atom is 0.419 e. The third-order valence-electron chi connectivity index (χ3n) is 3.48. The summed E-state index contributed by atoms with van der Waals surface area (Å²) in [6.07, 6.45) is 0.625. The second-order valence-electron chi connectivity index (χ2n) is 5.36. The lowest BCUT2D eigenvalue weighted by Gasteiger charge is -2.07. The van der Waals surface area contributed by atoms with Crippen LogP contribution in [0.2, 0.25) is 0 Å². The van der Waals surface area contributed by atoms with Crippen molar-refractivity contribution in [3.8, 4) is 11.8 Å². The highest BCUT2D eigenvalue weighted by atomic mass is 19.4. The van der Waals surface area contributed by atoms with Gasteiger partial charge in [-0.15, -0.1) is 0 Å². The van der Waals surface area contributed by atoms with E-state index in [1.54, 1.807) is 6.07 Å². The minimum Gasteiger partial charge on any atom is -0.206 e.